The summed E-state index contributed by atoms with van der Waals surface area (Å²) in [6.07, 6.45) is 1.67. The molecule has 0 aliphatic rings. The Hall–Kier alpha value is -1.92. The van der Waals surface area contributed by atoms with Crippen molar-refractivity contribution in [1.82, 2.24) is 9.97 Å². The van der Waals surface area contributed by atoms with Crippen LogP contribution in [0.4, 0.5) is 5.13 Å². The molecule has 1 aromatic carbocycles. The molecule has 2 heterocycles. The molecule has 0 radical (unpaired) electrons. The summed E-state index contributed by atoms with van der Waals surface area (Å²) in [4.78, 5) is 20.6. The van der Waals surface area contributed by atoms with Crippen molar-refractivity contribution in [1.29, 1.82) is 0 Å². The van der Waals surface area contributed by atoms with Crippen molar-refractivity contribution < 1.29 is 4.79 Å². The third-order valence-electron chi connectivity index (χ3n) is 3.14. The fourth-order valence-corrected chi connectivity index (χ4v) is 3.42. The maximum atomic E-state index is 11.9. The lowest BCUT2D eigenvalue weighted by Gasteiger charge is -2.07. The van der Waals surface area contributed by atoms with E-state index in [0.717, 1.165) is 21.5 Å². The van der Waals surface area contributed by atoms with Gasteiger partial charge in [-0.3, -0.25) is 4.79 Å². The number of rotatable bonds is 4. The summed E-state index contributed by atoms with van der Waals surface area (Å²) in [5.41, 5.74) is 3.23. The van der Waals surface area contributed by atoms with Gasteiger partial charge in [0.1, 0.15) is 5.03 Å². The van der Waals surface area contributed by atoms with Gasteiger partial charge in [0.25, 0.3) is 0 Å². The van der Waals surface area contributed by atoms with Crippen molar-refractivity contribution >= 4 is 45.0 Å². The monoisotopic (exact) mass is 329 g/mol. The van der Waals surface area contributed by atoms with Crippen LogP contribution in [0, 0.1) is 13.8 Å². The Morgan fingerprint density at radius 2 is 2.18 bits per heavy atom. The number of aromatic nitrogens is 2. The van der Waals surface area contributed by atoms with E-state index in [-0.39, 0.29) is 5.91 Å². The van der Waals surface area contributed by atoms with E-state index < -0.39 is 0 Å². The van der Waals surface area contributed by atoms with Gasteiger partial charge in [-0.1, -0.05) is 23.9 Å². The van der Waals surface area contributed by atoms with Gasteiger partial charge in [0.15, 0.2) is 5.13 Å². The second-order valence-corrected chi connectivity index (χ2v) is 6.84. The highest BCUT2D eigenvalue weighted by molar-refractivity contribution is 8.00. The minimum absolute atomic E-state index is 0.0644. The van der Waals surface area contributed by atoms with Crippen molar-refractivity contribution in [2.45, 2.75) is 18.9 Å². The molecule has 0 aliphatic carbocycles. The summed E-state index contributed by atoms with van der Waals surface area (Å²) in [5, 5.41) is 7.26. The van der Waals surface area contributed by atoms with Gasteiger partial charge >= 0.3 is 0 Å². The number of aryl methyl sites for hydroxylation is 2. The first-order valence-corrected chi connectivity index (χ1v) is 8.68. The summed E-state index contributed by atoms with van der Waals surface area (Å²) in [6, 6.07) is 8.34. The smallest absolute Gasteiger partial charge is 0.236 e. The molecule has 4 nitrogen and oxygen atoms in total. The number of thiazole rings is 1. The van der Waals surface area contributed by atoms with E-state index in [4.69, 9.17) is 0 Å². The molecule has 0 spiro atoms. The lowest BCUT2D eigenvalue weighted by Crippen LogP contribution is -2.14. The van der Waals surface area contributed by atoms with Gasteiger partial charge < -0.3 is 5.32 Å². The molecule has 1 amide bonds. The maximum absolute atomic E-state index is 11.9. The van der Waals surface area contributed by atoms with Crippen LogP contribution >= 0.6 is 23.1 Å². The van der Waals surface area contributed by atoms with Crippen LogP contribution in [0.3, 0.4) is 0 Å². The Morgan fingerprint density at radius 1 is 1.32 bits per heavy atom. The molecule has 3 rings (SSSR count). The van der Waals surface area contributed by atoms with E-state index in [0.29, 0.717) is 10.9 Å². The Balaban J connectivity index is 1.73. The lowest BCUT2D eigenvalue weighted by molar-refractivity contribution is -0.113. The normalized spacial score (nSPS) is 10.8. The molecule has 0 saturated carbocycles. The molecular weight excluding hydrogens is 314 g/mol. The van der Waals surface area contributed by atoms with Crippen molar-refractivity contribution in [3.63, 3.8) is 0 Å². The van der Waals surface area contributed by atoms with Gasteiger partial charge in [-0.15, -0.1) is 11.3 Å². The number of nitrogens with one attached hydrogen (secondary N) is 1. The van der Waals surface area contributed by atoms with E-state index in [1.807, 2.05) is 12.3 Å². The highest BCUT2D eigenvalue weighted by Crippen LogP contribution is 2.25. The molecule has 0 atom stereocenters. The number of nitrogens with zero attached hydrogens (tertiary/aromatic N) is 2. The van der Waals surface area contributed by atoms with Crippen LogP contribution < -0.4 is 5.32 Å². The second kappa shape index (κ2) is 6.46. The standard InChI is InChI=1S/C16H15N3OS2/c1-10-3-4-12-8-11(2)15(18-13(12)7-10)22-9-14(20)19-16-17-5-6-21-16/h3-8H,9H2,1-2H3,(H,17,19,20). The van der Waals surface area contributed by atoms with Gasteiger partial charge in [-0.05, 0) is 37.1 Å². The third-order valence-corrected chi connectivity index (χ3v) is 4.92. The molecule has 0 unspecified atom stereocenters. The third kappa shape index (κ3) is 3.45. The minimum atomic E-state index is -0.0644. The largest absolute Gasteiger partial charge is 0.301 e. The van der Waals surface area contributed by atoms with Gasteiger partial charge in [0.05, 0.1) is 11.3 Å². The van der Waals surface area contributed by atoms with Crippen LogP contribution in [0.15, 0.2) is 40.9 Å². The molecular formula is C16H15N3OS2. The quantitative estimate of drug-likeness (QED) is 0.734. The molecule has 0 aliphatic heterocycles. The lowest BCUT2D eigenvalue weighted by atomic mass is 10.1. The van der Waals surface area contributed by atoms with Gasteiger partial charge in [0.2, 0.25) is 5.91 Å². The predicted octanol–water partition coefficient (Wildman–Crippen LogP) is 4.04. The van der Waals surface area contributed by atoms with E-state index in [9.17, 15) is 4.79 Å². The van der Waals surface area contributed by atoms with E-state index >= 15 is 0 Å². The molecule has 2 aromatic heterocycles. The molecule has 22 heavy (non-hydrogen) atoms. The first-order valence-electron chi connectivity index (χ1n) is 6.82. The molecule has 1 N–H and O–H groups in total. The van der Waals surface area contributed by atoms with Crippen LogP contribution in [-0.4, -0.2) is 21.6 Å². The Labute approximate surface area is 137 Å². The van der Waals surface area contributed by atoms with Crippen molar-refractivity contribution in [2.75, 3.05) is 11.1 Å². The van der Waals surface area contributed by atoms with Gasteiger partial charge in [-0.25, -0.2) is 9.97 Å². The molecule has 0 saturated heterocycles. The molecule has 0 bridgehead atoms. The zero-order valence-corrected chi connectivity index (χ0v) is 13.9. The number of carbonyl (C=O) groups is 1. The minimum Gasteiger partial charge on any atom is -0.301 e. The summed E-state index contributed by atoms with van der Waals surface area (Å²) in [5.74, 6) is 0.260. The summed E-state index contributed by atoms with van der Waals surface area (Å²) < 4.78 is 0. The number of hydrogen-bond donors (Lipinski definition) is 1. The Bertz CT molecular complexity index is 816. The fourth-order valence-electron chi connectivity index (χ4n) is 2.09. The maximum Gasteiger partial charge on any atom is 0.236 e. The summed E-state index contributed by atoms with van der Waals surface area (Å²) in [6.45, 7) is 4.07. The Kier molecular flexibility index (Phi) is 4.40. The first kappa shape index (κ1) is 15.0. The first-order chi connectivity index (χ1) is 10.6. The number of thioether (sulfide) groups is 1. The zero-order valence-electron chi connectivity index (χ0n) is 12.3. The average molecular weight is 329 g/mol. The van der Waals surface area contributed by atoms with Crippen LogP contribution in [0.25, 0.3) is 10.9 Å². The van der Waals surface area contributed by atoms with E-state index in [1.165, 1.54) is 28.7 Å². The van der Waals surface area contributed by atoms with Crippen LogP contribution in [0.1, 0.15) is 11.1 Å². The predicted molar refractivity (Wildman–Crippen MR) is 92.7 cm³/mol. The number of carbonyl (C=O) groups excluding carboxylic acids is 1. The van der Waals surface area contributed by atoms with E-state index in [1.54, 1.807) is 6.20 Å². The number of hydrogen-bond acceptors (Lipinski definition) is 5. The molecule has 6 heteroatoms. The van der Waals surface area contributed by atoms with Gasteiger partial charge in [-0.2, -0.15) is 0 Å². The topological polar surface area (TPSA) is 54.9 Å². The van der Waals surface area contributed by atoms with Crippen LogP contribution in [-0.2, 0) is 4.79 Å². The molecule has 3 aromatic rings. The SMILES string of the molecule is Cc1ccc2cc(C)c(SCC(=O)Nc3nccs3)nc2c1. The summed E-state index contributed by atoms with van der Waals surface area (Å²) >= 11 is 2.86. The molecule has 0 fully saturated rings. The van der Waals surface area contributed by atoms with Crippen molar-refractivity contribution in [3.8, 4) is 0 Å². The zero-order chi connectivity index (χ0) is 15.5. The number of pyridine rings is 1. The summed E-state index contributed by atoms with van der Waals surface area (Å²) in [7, 11) is 0. The number of benzene rings is 1. The highest BCUT2D eigenvalue weighted by Gasteiger charge is 2.09. The second-order valence-electron chi connectivity index (χ2n) is 4.98. The number of fused-ring (bicyclic) bond motifs is 1. The number of amides is 1. The Morgan fingerprint density at radius 3 is 2.95 bits per heavy atom. The van der Waals surface area contributed by atoms with Crippen LogP contribution in [0.2, 0.25) is 0 Å². The van der Waals surface area contributed by atoms with E-state index in [2.05, 4.69) is 46.5 Å². The highest BCUT2D eigenvalue weighted by atomic mass is 32.2. The fraction of sp³-hybridized carbons (Fsp3) is 0.188. The van der Waals surface area contributed by atoms with Crippen molar-refractivity contribution in [3.05, 3.63) is 47.0 Å². The number of anilines is 1. The molecule has 112 valence electrons. The van der Waals surface area contributed by atoms with Crippen LogP contribution in [0.5, 0.6) is 0 Å². The van der Waals surface area contributed by atoms with Gasteiger partial charge in [0, 0.05) is 17.0 Å². The average Bonchev–Trinajstić information content (AvgIpc) is 2.98. The van der Waals surface area contributed by atoms with Crippen molar-refractivity contribution in [2.24, 2.45) is 0 Å².